The summed E-state index contributed by atoms with van der Waals surface area (Å²) in [5.41, 5.74) is 0.990. The fourth-order valence-electron chi connectivity index (χ4n) is 3.31. The van der Waals surface area contributed by atoms with Crippen LogP contribution in [0.2, 0.25) is 0 Å². The van der Waals surface area contributed by atoms with Crippen molar-refractivity contribution in [2.24, 2.45) is 0 Å². The highest BCUT2D eigenvalue weighted by atomic mass is 19.1. The van der Waals surface area contributed by atoms with E-state index in [0.29, 0.717) is 55.2 Å². The second-order valence-corrected chi connectivity index (χ2v) is 6.51. The van der Waals surface area contributed by atoms with Gasteiger partial charge in [-0.2, -0.15) is 0 Å². The van der Waals surface area contributed by atoms with Crippen molar-refractivity contribution in [3.05, 3.63) is 59.4 Å². The summed E-state index contributed by atoms with van der Waals surface area (Å²) in [6, 6.07) is 10.7. The van der Waals surface area contributed by atoms with E-state index in [9.17, 15) is 14.0 Å². The fourth-order valence-corrected chi connectivity index (χ4v) is 3.31. The number of hydrogen-bond acceptors (Lipinski definition) is 4. The van der Waals surface area contributed by atoms with Gasteiger partial charge in [0.15, 0.2) is 11.5 Å². The molecule has 140 valence electrons. The van der Waals surface area contributed by atoms with Crippen LogP contribution in [0.15, 0.2) is 42.5 Å². The van der Waals surface area contributed by atoms with E-state index in [2.05, 4.69) is 0 Å². The number of carbonyl (C=O) groups excluding carboxylic acids is 2. The van der Waals surface area contributed by atoms with Crippen molar-refractivity contribution in [2.75, 3.05) is 33.0 Å². The van der Waals surface area contributed by atoms with Crippen LogP contribution in [0, 0.1) is 5.82 Å². The molecule has 0 aliphatic carbocycles. The van der Waals surface area contributed by atoms with E-state index in [1.807, 2.05) is 0 Å². The van der Waals surface area contributed by atoms with Gasteiger partial charge in [-0.3, -0.25) is 9.59 Å². The molecule has 0 N–H and O–H groups in total. The minimum Gasteiger partial charge on any atom is -0.454 e. The molecule has 0 atom stereocenters. The molecule has 7 heteroatoms. The van der Waals surface area contributed by atoms with Gasteiger partial charge in [0.25, 0.3) is 11.8 Å². The molecule has 1 saturated heterocycles. The Balaban J connectivity index is 1.43. The van der Waals surface area contributed by atoms with Gasteiger partial charge in [0.05, 0.1) is 0 Å². The molecule has 6 nitrogen and oxygen atoms in total. The lowest BCUT2D eigenvalue weighted by atomic mass is 10.1. The molecule has 2 aliphatic heterocycles. The normalized spacial score (nSPS) is 16.2. The summed E-state index contributed by atoms with van der Waals surface area (Å²) >= 11 is 0. The Morgan fingerprint density at radius 3 is 2.07 bits per heavy atom. The van der Waals surface area contributed by atoms with Crippen LogP contribution in [-0.2, 0) is 0 Å². The molecule has 0 unspecified atom stereocenters. The lowest BCUT2D eigenvalue weighted by Crippen LogP contribution is -2.37. The average Bonchev–Trinajstić information content (AvgIpc) is 3.02. The lowest BCUT2D eigenvalue weighted by Gasteiger charge is -2.22. The number of nitrogens with zero attached hydrogens (tertiary/aromatic N) is 2. The molecule has 2 amide bonds. The van der Waals surface area contributed by atoms with Crippen molar-refractivity contribution in [3.63, 3.8) is 0 Å². The molecule has 4 rings (SSSR count). The van der Waals surface area contributed by atoms with Gasteiger partial charge in [0, 0.05) is 37.3 Å². The largest absolute Gasteiger partial charge is 0.454 e. The first-order valence-corrected chi connectivity index (χ1v) is 8.85. The predicted octanol–water partition coefficient (Wildman–Crippen LogP) is 2.54. The third-order valence-corrected chi connectivity index (χ3v) is 4.78. The first-order chi connectivity index (χ1) is 13.1. The number of amides is 2. The molecule has 2 aromatic carbocycles. The zero-order chi connectivity index (χ0) is 18.8. The number of fused-ring (bicyclic) bond motifs is 1. The van der Waals surface area contributed by atoms with Crippen molar-refractivity contribution in [2.45, 2.75) is 6.42 Å². The van der Waals surface area contributed by atoms with E-state index in [1.165, 1.54) is 24.3 Å². The minimum absolute atomic E-state index is 0.0932. The Labute approximate surface area is 156 Å². The highest BCUT2D eigenvalue weighted by Crippen LogP contribution is 2.32. The first kappa shape index (κ1) is 17.3. The topological polar surface area (TPSA) is 59.1 Å². The Bertz CT molecular complexity index is 869. The van der Waals surface area contributed by atoms with E-state index in [1.54, 1.807) is 28.0 Å². The lowest BCUT2D eigenvalue weighted by molar-refractivity contribution is 0.0718. The zero-order valence-corrected chi connectivity index (χ0v) is 14.7. The van der Waals surface area contributed by atoms with Gasteiger partial charge in [0.2, 0.25) is 6.79 Å². The highest BCUT2D eigenvalue weighted by molar-refractivity contribution is 5.96. The molecule has 2 heterocycles. The molecule has 0 aromatic heterocycles. The maximum Gasteiger partial charge on any atom is 0.254 e. The monoisotopic (exact) mass is 370 g/mol. The van der Waals surface area contributed by atoms with Crippen LogP contribution in [0.4, 0.5) is 4.39 Å². The second-order valence-electron chi connectivity index (χ2n) is 6.51. The van der Waals surface area contributed by atoms with Gasteiger partial charge in [-0.05, 0) is 48.9 Å². The van der Waals surface area contributed by atoms with Gasteiger partial charge in [-0.1, -0.05) is 0 Å². The van der Waals surface area contributed by atoms with Crippen molar-refractivity contribution in [1.82, 2.24) is 9.80 Å². The standard InChI is InChI=1S/C20H19FN2O4/c21-16-5-2-14(3-6-16)19(24)22-8-1-9-23(11-10-22)20(25)15-4-7-17-18(12-15)27-13-26-17/h2-7,12H,1,8-11,13H2. The van der Waals surface area contributed by atoms with Gasteiger partial charge in [-0.25, -0.2) is 4.39 Å². The third kappa shape index (κ3) is 3.58. The maximum absolute atomic E-state index is 13.1. The summed E-state index contributed by atoms with van der Waals surface area (Å²) in [5.74, 6) is 0.599. The summed E-state index contributed by atoms with van der Waals surface area (Å²) in [6.45, 7) is 2.17. The third-order valence-electron chi connectivity index (χ3n) is 4.78. The van der Waals surface area contributed by atoms with Crippen LogP contribution < -0.4 is 9.47 Å². The van der Waals surface area contributed by atoms with Gasteiger partial charge < -0.3 is 19.3 Å². The summed E-state index contributed by atoms with van der Waals surface area (Å²) in [5, 5.41) is 0. The van der Waals surface area contributed by atoms with E-state index in [0.717, 1.165) is 0 Å². The Hall–Kier alpha value is -3.09. The molecular weight excluding hydrogens is 351 g/mol. The maximum atomic E-state index is 13.1. The molecule has 27 heavy (non-hydrogen) atoms. The Morgan fingerprint density at radius 2 is 1.37 bits per heavy atom. The molecule has 2 aliphatic rings. The number of halogens is 1. The number of carbonyl (C=O) groups is 2. The number of benzene rings is 2. The molecular formula is C20H19FN2O4. The SMILES string of the molecule is O=C(c1ccc(F)cc1)N1CCCN(C(=O)c2ccc3c(c2)OCO3)CC1. The van der Waals surface area contributed by atoms with Crippen molar-refractivity contribution < 1.29 is 23.5 Å². The number of hydrogen-bond donors (Lipinski definition) is 0. The summed E-state index contributed by atoms with van der Waals surface area (Å²) in [6.07, 6.45) is 0.684. The van der Waals surface area contributed by atoms with Crippen LogP contribution in [0.25, 0.3) is 0 Å². The minimum atomic E-state index is -0.372. The summed E-state index contributed by atoms with van der Waals surface area (Å²) < 4.78 is 23.7. The first-order valence-electron chi connectivity index (χ1n) is 8.85. The van der Waals surface area contributed by atoms with Crippen molar-refractivity contribution in [3.8, 4) is 11.5 Å². The van der Waals surface area contributed by atoms with E-state index < -0.39 is 0 Å². The molecule has 0 radical (unpaired) electrons. The van der Waals surface area contributed by atoms with Crippen LogP contribution in [0.3, 0.4) is 0 Å². The van der Waals surface area contributed by atoms with E-state index in [-0.39, 0.29) is 24.4 Å². The smallest absolute Gasteiger partial charge is 0.254 e. The van der Waals surface area contributed by atoms with Crippen LogP contribution in [-0.4, -0.2) is 54.6 Å². The van der Waals surface area contributed by atoms with E-state index in [4.69, 9.17) is 9.47 Å². The van der Waals surface area contributed by atoms with Crippen molar-refractivity contribution in [1.29, 1.82) is 0 Å². The summed E-state index contributed by atoms with van der Waals surface area (Å²) in [4.78, 5) is 28.9. The average molecular weight is 370 g/mol. The number of ether oxygens (including phenoxy) is 2. The number of rotatable bonds is 2. The Morgan fingerprint density at radius 1 is 0.778 bits per heavy atom. The van der Waals surface area contributed by atoms with Gasteiger partial charge >= 0.3 is 0 Å². The molecule has 1 fully saturated rings. The molecule has 2 aromatic rings. The Kier molecular flexibility index (Phi) is 4.66. The van der Waals surface area contributed by atoms with E-state index >= 15 is 0 Å². The molecule has 0 saturated carbocycles. The molecule has 0 bridgehead atoms. The second kappa shape index (κ2) is 7.26. The van der Waals surface area contributed by atoms with Crippen molar-refractivity contribution >= 4 is 11.8 Å². The predicted molar refractivity (Wildman–Crippen MR) is 95.4 cm³/mol. The zero-order valence-electron chi connectivity index (χ0n) is 14.7. The van der Waals surface area contributed by atoms with Crippen LogP contribution in [0.1, 0.15) is 27.1 Å². The van der Waals surface area contributed by atoms with Gasteiger partial charge in [0.1, 0.15) is 5.82 Å². The molecule has 0 spiro atoms. The highest BCUT2D eigenvalue weighted by Gasteiger charge is 2.25. The van der Waals surface area contributed by atoms with Gasteiger partial charge in [-0.15, -0.1) is 0 Å². The van der Waals surface area contributed by atoms with Crippen LogP contribution >= 0.6 is 0 Å². The van der Waals surface area contributed by atoms with Crippen LogP contribution in [0.5, 0.6) is 11.5 Å². The fraction of sp³-hybridized carbons (Fsp3) is 0.300. The quantitative estimate of drug-likeness (QED) is 0.815. The summed E-state index contributed by atoms with van der Waals surface area (Å²) in [7, 11) is 0.